The maximum absolute atomic E-state index is 8.24. The molecule has 14 heteroatoms. The van der Waals surface area contributed by atoms with Crippen LogP contribution in [0.3, 0.4) is 0 Å². The molecule has 8 nitrogen and oxygen atoms in total. The number of hydrogen-bond acceptors (Lipinski definition) is 8. The Hall–Kier alpha value is 1.98. The Morgan fingerprint density at radius 3 is 0.429 bits per heavy atom. The van der Waals surface area contributed by atoms with Gasteiger partial charge in [-0.1, -0.05) is 0 Å². The third-order valence-electron chi connectivity index (χ3n) is 0. The molecule has 0 rings (SSSR count). The quantitative estimate of drug-likeness (QED) is 0.364. The van der Waals surface area contributed by atoms with E-state index in [-0.39, 0.29) is 36.5 Å². The molecule has 0 aromatic rings. The summed E-state index contributed by atoms with van der Waals surface area (Å²) in [5.41, 5.74) is 0. The summed E-state index contributed by atoms with van der Waals surface area (Å²) < 4.78 is 65.9. The van der Waals surface area contributed by atoms with Crippen molar-refractivity contribution in [3.05, 3.63) is 0 Å². The Morgan fingerprint density at radius 1 is 0.429 bits per heavy atom. The Labute approximate surface area is 118 Å². The third-order valence-corrected chi connectivity index (χ3v) is 0. The van der Waals surface area contributed by atoms with Gasteiger partial charge in [0.05, 0.1) is 45.3 Å². The summed E-state index contributed by atoms with van der Waals surface area (Å²) in [7, 11) is 0. The maximum Gasteiger partial charge on any atom is 2.00 e. The standard InChI is InChI=1S/4ClO2.Fe.Zn/c4*2-1-3;;/q4*-1;2*+2. The second-order valence-corrected chi connectivity index (χ2v) is 0.756. The second-order valence-electron chi connectivity index (χ2n) is 0.252. The van der Waals surface area contributed by atoms with Crippen LogP contribution < -0.4 is 37.3 Å². The van der Waals surface area contributed by atoms with Crippen LogP contribution >= 0.6 is 0 Å². The molecule has 0 fully saturated rings. The third kappa shape index (κ3) is 599. The van der Waals surface area contributed by atoms with Gasteiger partial charge in [0.2, 0.25) is 0 Å². The van der Waals surface area contributed by atoms with Crippen molar-refractivity contribution in [2.24, 2.45) is 0 Å². The van der Waals surface area contributed by atoms with Gasteiger partial charge in [-0.2, -0.15) is 0 Å². The molecule has 86 valence electrons. The van der Waals surface area contributed by atoms with Crippen LogP contribution in [-0.4, -0.2) is 0 Å². The smallest absolute Gasteiger partial charge is 0.544 e. The van der Waals surface area contributed by atoms with Gasteiger partial charge in [0, 0.05) is 0 Å². The summed E-state index contributed by atoms with van der Waals surface area (Å²) >= 11 is -1.67. The predicted octanol–water partition coefficient (Wildman–Crippen LogP) is -9.52. The van der Waals surface area contributed by atoms with Crippen LogP contribution in [0.15, 0.2) is 0 Å². The molecule has 0 unspecified atom stereocenters. The van der Waals surface area contributed by atoms with Crippen LogP contribution in [0.4, 0.5) is 0 Å². The molecule has 0 spiro atoms. The zero-order valence-electron chi connectivity index (χ0n) is 5.84. The largest absolute Gasteiger partial charge is 2.00 e. The van der Waals surface area contributed by atoms with E-state index in [9.17, 15) is 0 Å². The van der Waals surface area contributed by atoms with Crippen LogP contribution in [0.25, 0.3) is 0 Å². The first-order valence-corrected chi connectivity index (χ1v) is 3.70. The molecule has 0 heterocycles. The Kier molecular flexibility index (Phi) is 210. The Bertz CT molecular complexity index is 29.3. The first-order valence-electron chi connectivity index (χ1n) is 1.23. The van der Waals surface area contributed by atoms with Gasteiger partial charge in [-0.25, -0.2) is 0 Å². The zero-order chi connectivity index (χ0) is 10.8. The van der Waals surface area contributed by atoms with Crippen LogP contribution in [0.1, 0.15) is 0 Å². The molecule has 0 bridgehead atoms. The molecule has 0 radical (unpaired) electrons. The van der Waals surface area contributed by atoms with E-state index < -0.39 is 45.3 Å². The minimum Gasteiger partial charge on any atom is -0.544 e. The SMILES string of the molecule is [Fe+2].[O-][Cl+][O-].[O-][Cl+][O-].[O-][Cl+][O-].[O-][Cl+][O-].[Zn+2]. The fourth-order valence-corrected chi connectivity index (χ4v) is 0. The molecule has 0 saturated carbocycles. The molecule has 0 aliphatic rings. The summed E-state index contributed by atoms with van der Waals surface area (Å²) in [5, 5.41) is 0. The fourth-order valence-electron chi connectivity index (χ4n) is 0. The van der Waals surface area contributed by atoms with E-state index in [1.807, 2.05) is 0 Å². The molecule has 0 N–H and O–H groups in total. The number of rotatable bonds is 0. The van der Waals surface area contributed by atoms with E-state index in [1.54, 1.807) is 0 Å². The molecule has 0 aliphatic carbocycles. The maximum atomic E-state index is 8.24. The molecule has 0 amide bonds. The van der Waals surface area contributed by atoms with E-state index in [1.165, 1.54) is 0 Å². The van der Waals surface area contributed by atoms with Gasteiger partial charge in [0.25, 0.3) is 0 Å². The fraction of sp³-hybridized carbons (Fsp3) is 0. The average molecular weight is 391 g/mol. The Morgan fingerprint density at radius 2 is 0.429 bits per heavy atom. The minimum absolute atomic E-state index is 0. The molecule has 0 aromatic heterocycles. The molecular formula is Cl4FeO8Zn. The molecule has 0 aliphatic heterocycles. The minimum atomic E-state index is -0.417. The van der Waals surface area contributed by atoms with Crippen molar-refractivity contribution >= 4 is 0 Å². The van der Waals surface area contributed by atoms with Crippen molar-refractivity contribution in [2.75, 3.05) is 0 Å². The Balaban J connectivity index is -0.0000000145. The molecule has 0 atom stereocenters. The van der Waals surface area contributed by atoms with Gasteiger partial charge in [-0.15, -0.1) is 0 Å². The predicted molar refractivity (Wildman–Crippen MR) is 0 cm³/mol. The van der Waals surface area contributed by atoms with Gasteiger partial charge in [-0.05, 0) is 0 Å². The summed E-state index contributed by atoms with van der Waals surface area (Å²) in [6.07, 6.45) is 0. The number of hydrogen-bond donors (Lipinski definition) is 0. The first-order chi connectivity index (χ1) is 5.66. The van der Waals surface area contributed by atoms with Crippen LogP contribution in [0, 0.1) is 45.3 Å². The summed E-state index contributed by atoms with van der Waals surface area (Å²) in [6.45, 7) is 0. The molecular weight excluding hydrogens is 391 g/mol. The summed E-state index contributed by atoms with van der Waals surface area (Å²) in [5.74, 6) is 0. The average Bonchev–Trinajstić information content (AvgIpc) is 1.92. The van der Waals surface area contributed by atoms with Gasteiger partial charge in [0.15, 0.2) is 0 Å². The van der Waals surface area contributed by atoms with Crippen LogP contribution in [-0.2, 0) is 36.5 Å². The van der Waals surface area contributed by atoms with Crippen molar-refractivity contribution in [2.45, 2.75) is 0 Å². The van der Waals surface area contributed by atoms with E-state index in [4.69, 9.17) is 37.3 Å². The zero-order valence-corrected chi connectivity index (χ0v) is 12.9. The topological polar surface area (TPSA) is 184 Å². The molecule has 14 heavy (non-hydrogen) atoms. The van der Waals surface area contributed by atoms with E-state index in [0.717, 1.165) is 0 Å². The first kappa shape index (κ1) is 36.0. The summed E-state index contributed by atoms with van der Waals surface area (Å²) in [6, 6.07) is 0. The van der Waals surface area contributed by atoms with Crippen molar-refractivity contribution in [1.82, 2.24) is 0 Å². The van der Waals surface area contributed by atoms with Gasteiger partial charge in [-0.3, -0.25) is 0 Å². The second kappa shape index (κ2) is 81.8. The van der Waals surface area contributed by atoms with Crippen molar-refractivity contribution < 1.29 is 119 Å². The monoisotopic (exact) mass is 388 g/mol. The van der Waals surface area contributed by atoms with Crippen molar-refractivity contribution in [1.29, 1.82) is 0 Å². The summed E-state index contributed by atoms with van der Waals surface area (Å²) in [4.78, 5) is 0. The van der Waals surface area contributed by atoms with Gasteiger partial charge >= 0.3 is 36.5 Å². The van der Waals surface area contributed by atoms with E-state index >= 15 is 0 Å². The van der Waals surface area contributed by atoms with Gasteiger partial charge in [0.1, 0.15) is 0 Å². The van der Waals surface area contributed by atoms with Gasteiger partial charge < -0.3 is 37.3 Å². The van der Waals surface area contributed by atoms with E-state index in [0.29, 0.717) is 0 Å². The number of halogens is 4. The molecule has 0 aromatic carbocycles. The van der Waals surface area contributed by atoms with E-state index in [2.05, 4.69) is 0 Å². The normalized spacial score (nSPS) is 5.14. The van der Waals surface area contributed by atoms with Crippen LogP contribution in [0.2, 0.25) is 0 Å². The van der Waals surface area contributed by atoms with Crippen molar-refractivity contribution in [3.8, 4) is 0 Å². The molecule has 0 saturated heterocycles. The van der Waals surface area contributed by atoms with Crippen LogP contribution in [0.5, 0.6) is 0 Å². The van der Waals surface area contributed by atoms with Crippen molar-refractivity contribution in [3.63, 3.8) is 0 Å².